The molecule has 0 aromatic heterocycles. The van der Waals surface area contributed by atoms with Crippen LogP contribution in [0.1, 0.15) is 29.8 Å². The van der Waals surface area contributed by atoms with Gasteiger partial charge in [-0.15, -0.1) is 0 Å². The number of carbonyl (C=O) groups is 1. The molecule has 0 saturated carbocycles. The van der Waals surface area contributed by atoms with E-state index in [1.807, 2.05) is 6.92 Å². The van der Waals surface area contributed by atoms with Crippen LogP contribution in [0.25, 0.3) is 0 Å². The second kappa shape index (κ2) is 6.10. The molecule has 1 aromatic carbocycles. The molecule has 0 spiro atoms. The molecule has 0 bridgehead atoms. The summed E-state index contributed by atoms with van der Waals surface area (Å²) in [5.74, 6) is -0.219. The van der Waals surface area contributed by atoms with E-state index >= 15 is 0 Å². The number of rotatable bonds is 4. The molecule has 0 fully saturated rings. The highest BCUT2D eigenvalue weighted by Crippen LogP contribution is 2.42. The first kappa shape index (κ1) is 15.6. The predicted octanol–water partition coefficient (Wildman–Crippen LogP) is 4.89. The van der Waals surface area contributed by atoms with Gasteiger partial charge in [-0.05, 0) is 42.3 Å². The van der Waals surface area contributed by atoms with Crippen LogP contribution in [-0.2, 0) is 11.2 Å². The van der Waals surface area contributed by atoms with Crippen LogP contribution in [0.4, 0.5) is 13.2 Å². The highest BCUT2D eigenvalue weighted by atomic mass is 79.9. The molecular weight excluding hydrogens is 329 g/mol. The number of Topliss-reactive ketones (excluding diaryl/α,β-unsaturated/α-hetero) is 1. The van der Waals surface area contributed by atoms with Gasteiger partial charge in [0.25, 0.3) is 0 Å². The number of hydrogen-bond donors (Lipinski definition) is 0. The lowest BCUT2D eigenvalue weighted by Crippen LogP contribution is -2.06. The summed E-state index contributed by atoms with van der Waals surface area (Å²) in [7, 11) is 0. The molecule has 0 aliphatic heterocycles. The van der Waals surface area contributed by atoms with Gasteiger partial charge in [-0.3, -0.25) is 4.79 Å². The number of halogens is 4. The monoisotopic (exact) mass is 340 g/mol. The van der Waals surface area contributed by atoms with E-state index in [2.05, 4.69) is 15.9 Å². The minimum Gasteiger partial charge on any atom is -0.298 e. The maximum Gasteiger partial charge on any atom is 0.446 e. The largest absolute Gasteiger partial charge is 0.446 e. The molecule has 0 saturated heterocycles. The summed E-state index contributed by atoms with van der Waals surface area (Å²) in [5, 5.41) is 0. The fourth-order valence-corrected chi connectivity index (χ4v) is 2.75. The van der Waals surface area contributed by atoms with Crippen LogP contribution in [0.3, 0.4) is 0 Å². The summed E-state index contributed by atoms with van der Waals surface area (Å²) in [4.78, 5) is 10.7. The molecule has 1 atom stereocenters. The van der Waals surface area contributed by atoms with Crippen molar-refractivity contribution in [3.05, 3.63) is 29.3 Å². The van der Waals surface area contributed by atoms with Gasteiger partial charge in [0.05, 0.1) is 4.83 Å². The van der Waals surface area contributed by atoms with E-state index in [0.29, 0.717) is 12.0 Å². The van der Waals surface area contributed by atoms with Crippen LogP contribution < -0.4 is 0 Å². The molecular formula is C12H12BrF3OS. The van der Waals surface area contributed by atoms with E-state index in [4.69, 9.17) is 0 Å². The van der Waals surface area contributed by atoms with E-state index in [1.165, 1.54) is 13.0 Å². The van der Waals surface area contributed by atoms with Gasteiger partial charge in [-0.25, -0.2) is 0 Å². The normalized spacial score (nSPS) is 13.4. The van der Waals surface area contributed by atoms with Gasteiger partial charge in [0, 0.05) is 4.90 Å². The molecule has 6 heteroatoms. The van der Waals surface area contributed by atoms with E-state index < -0.39 is 10.3 Å². The number of ketones is 1. The lowest BCUT2D eigenvalue weighted by molar-refractivity contribution is -0.116. The third-order valence-electron chi connectivity index (χ3n) is 2.34. The van der Waals surface area contributed by atoms with Crippen molar-refractivity contribution in [2.75, 3.05) is 0 Å². The van der Waals surface area contributed by atoms with Crippen LogP contribution in [-0.4, -0.2) is 11.3 Å². The molecule has 0 radical (unpaired) electrons. The molecule has 0 heterocycles. The summed E-state index contributed by atoms with van der Waals surface area (Å²) in [6, 6.07) is 4.81. The Morgan fingerprint density at radius 2 is 2.06 bits per heavy atom. The van der Waals surface area contributed by atoms with E-state index in [1.54, 1.807) is 12.1 Å². The van der Waals surface area contributed by atoms with Crippen molar-refractivity contribution in [1.82, 2.24) is 0 Å². The molecule has 0 N–H and O–H groups in total. The van der Waals surface area contributed by atoms with E-state index in [-0.39, 0.29) is 22.4 Å². The number of hydrogen-bond acceptors (Lipinski definition) is 2. The van der Waals surface area contributed by atoms with Crippen LogP contribution in [0, 0.1) is 0 Å². The lowest BCUT2D eigenvalue weighted by Gasteiger charge is -2.15. The molecule has 0 aliphatic carbocycles. The Kier molecular flexibility index (Phi) is 5.28. The number of carbonyl (C=O) groups excluding carboxylic acids is 1. The van der Waals surface area contributed by atoms with Crippen molar-refractivity contribution in [2.45, 2.75) is 35.5 Å². The molecule has 1 aromatic rings. The third-order valence-corrected chi connectivity index (χ3v) is 4.28. The van der Waals surface area contributed by atoms with Crippen LogP contribution in [0.2, 0.25) is 0 Å². The lowest BCUT2D eigenvalue weighted by atomic mass is 10.1. The molecule has 0 aliphatic rings. The summed E-state index contributed by atoms with van der Waals surface area (Å²) >= 11 is 2.95. The Morgan fingerprint density at radius 3 is 2.50 bits per heavy atom. The zero-order valence-electron chi connectivity index (χ0n) is 9.84. The minimum atomic E-state index is -4.36. The maximum atomic E-state index is 12.5. The molecule has 18 heavy (non-hydrogen) atoms. The van der Waals surface area contributed by atoms with Gasteiger partial charge in [-0.1, -0.05) is 35.0 Å². The molecule has 1 rings (SSSR count). The van der Waals surface area contributed by atoms with Crippen molar-refractivity contribution < 1.29 is 18.0 Å². The Bertz CT molecular complexity index is 445. The molecule has 0 amide bonds. The van der Waals surface area contributed by atoms with Gasteiger partial charge in [-0.2, -0.15) is 13.2 Å². The van der Waals surface area contributed by atoms with Crippen molar-refractivity contribution in [3.8, 4) is 0 Å². The zero-order valence-corrected chi connectivity index (χ0v) is 12.2. The maximum absolute atomic E-state index is 12.5. The smallest absolute Gasteiger partial charge is 0.298 e. The Labute approximate surface area is 116 Å². The third kappa shape index (κ3) is 4.31. The zero-order chi connectivity index (χ0) is 13.9. The summed E-state index contributed by atoms with van der Waals surface area (Å²) < 4.78 is 37.5. The average Bonchev–Trinajstić information content (AvgIpc) is 2.25. The topological polar surface area (TPSA) is 17.1 Å². The predicted molar refractivity (Wildman–Crippen MR) is 70.1 cm³/mol. The Hall–Kier alpha value is -0.490. The van der Waals surface area contributed by atoms with Gasteiger partial charge in [0.2, 0.25) is 0 Å². The quantitative estimate of drug-likeness (QED) is 0.573. The molecule has 1 nitrogen and oxygen atoms in total. The number of alkyl halides is 4. The SMILES string of the molecule is CCc1ccc(C(Br)C(C)=O)c(SC(F)(F)F)c1. The van der Waals surface area contributed by atoms with Gasteiger partial charge in [0.1, 0.15) is 5.78 Å². The minimum absolute atomic E-state index is 0.0823. The standard InChI is InChI=1S/C12H12BrF3OS/c1-3-8-4-5-9(11(13)7(2)17)10(6-8)18-12(14,15)16/h4-6,11H,3H2,1-2H3. The first-order valence-corrected chi connectivity index (χ1v) is 7.01. The van der Waals surface area contributed by atoms with E-state index in [0.717, 1.165) is 5.56 Å². The second-order valence-electron chi connectivity index (χ2n) is 3.75. The highest BCUT2D eigenvalue weighted by Gasteiger charge is 2.31. The Morgan fingerprint density at radius 1 is 1.44 bits per heavy atom. The first-order valence-electron chi connectivity index (χ1n) is 5.27. The van der Waals surface area contributed by atoms with Crippen molar-refractivity contribution in [3.63, 3.8) is 0 Å². The van der Waals surface area contributed by atoms with Gasteiger partial charge >= 0.3 is 5.51 Å². The number of thioether (sulfide) groups is 1. The summed E-state index contributed by atoms with van der Waals surface area (Å²) in [5.41, 5.74) is -3.18. The van der Waals surface area contributed by atoms with Crippen LogP contribution in [0.15, 0.2) is 23.1 Å². The van der Waals surface area contributed by atoms with Gasteiger partial charge < -0.3 is 0 Å². The average molecular weight is 341 g/mol. The number of benzene rings is 1. The van der Waals surface area contributed by atoms with Gasteiger partial charge in [0.15, 0.2) is 0 Å². The van der Waals surface area contributed by atoms with Crippen LogP contribution in [0.5, 0.6) is 0 Å². The molecule has 1 unspecified atom stereocenters. The number of aryl methyl sites for hydroxylation is 1. The Balaban J connectivity index is 3.20. The van der Waals surface area contributed by atoms with Crippen molar-refractivity contribution >= 4 is 33.5 Å². The summed E-state index contributed by atoms with van der Waals surface area (Å²) in [6.07, 6.45) is 0.652. The van der Waals surface area contributed by atoms with Crippen LogP contribution >= 0.6 is 27.7 Å². The summed E-state index contributed by atoms with van der Waals surface area (Å²) in [6.45, 7) is 3.21. The van der Waals surface area contributed by atoms with Crippen molar-refractivity contribution in [2.24, 2.45) is 0 Å². The van der Waals surface area contributed by atoms with E-state index in [9.17, 15) is 18.0 Å². The fraction of sp³-hybridized carbons (Fsp3) is 0.417. The fourth-order valence-electron chi connectivity index (χ4n) is 1.44. The first-order chi connectivity index (χ1) is 8.24. The molecule has 100 valence electrons. The second-order valence-corrected chi connectivity index (χ2v) is 5.77. The van der Waals surface area contributed by atoms with Crippen molar-refractivity contribution in [1.29, 1.82) is 0 Å². The highest BCUT2D eigenvalue weighted by molar-refractivity contribution is 9.09.